The summed E-state index contributed by atoms with van der Waals surface area (Å²) in [6.45, 7) is 2.12. The monoisotopic (exact) mass is 287 g/mol. The van der Waals surface area contributed by atoms with Gasteiger partial charge in [0.2, 0.25) is 0 Å². The van der Waals surface area contributed by atoms with Crippen LogP contribution in [-0.4, -0.2) is 13.2 Å². The highest BCUT2D eigenvalue weighted by Gasteiger charge is 2.05. The highest BCUT2D eigenvalue weighted by molar-refractivity contribution is 7.99. The zero-order valence-corrected chi connectivity index (χ0v) is 12.8. The summed E-state index contributed by atoms with van der Waals surface area (Å²) in [6.07, 6.45) is 1.95. The van der Waals surface area contributed by atoms with Gasteiger partial charge in [-0.2, -0.15) is 0 Å². The summed E-state index contributed by atoms with van der Waals surface area (Å²) < 4.78 is 5.37. The third-order valence-electron chi connectivity index (χ3n) is 3.24. The molecule has 1 atom stereocenters. The van der Waals surface area contributed by atoms with Crippen molar-refractivity contribution in [3.8, 4) is 5.75 Å². The number of rotatable bonds is 6. The van der Waals surface area contributed by atoms with E-state index in [0.717, 1.165) is 23.5 Å². The fourth-order valence-electron chi connectivity index (χ4n) is 1.97. The summed E-state index contributed by atoms with van der Waals surface area (Å²) in [6, 6.07) is 16.9. The van der Waals surface area contributed by atoms with Crippen LogP contribution in [0.1, 0.15) is 18.9 Å². The maximum absolute atomic E-state index is 5.98. The predicted octanol–water partition coefficient (Wildman–Crippen LogP) is 4.13. The molecular formula is C17H21NOS. The van der Waals surface area contributed by atoms with Crippen LogP contribution in [0.5, 0.6) is 5.75 Å². The first-order valence-electron chi connectivity index (χ1n) is 6.88. The number of ether oxygens (including phenoxy) is 1. The van der Waals surface area contributed by atoms with E-state index in [1.54, 1.807) is 18.9 Å². The lowest BCUT2D eigenvalue weighted by molar-refractivity contribution is 0.405. The fraction of sp³-hybridized carbons (Fsp3) is 0.294. The third kappa shape index (κ3) is 4.02. The van der Waals surface area contributed by atoms with E-state index in [-0.39, 0.29) is 6.04 Å². The van der Waals surface area contributed by atoms with Crippen molar-refractivity contribution < 1.29 is 4.74 Å². The molecule has 0 saturated carbocycles. The van der Waals surface area contributed by atoms with Gasteiger partial charge in [-0.1, -0.05) is 43.0 Å². The van der Waals surface area contributed by atoms with Gasteiger partial charge in [0, 0.05) is 10.9 Å². The third-order valence-corrected chi connectivity index (χ3v) is 4.31. The first-order chi connectivity index (χ1) is 9.72. The molecule has 2 aromatic rings. The molecule has 2 N–H and O–H groups in total. The van der Waals surface area contributed by atoms with Crippen LogP contribution in [0.4, 0.5) is 0 Å². The number of hydrogen-bond donors (Lipinski definition) is 1. The lowest BCUT2D eigenvalue weighted by Crippen LogP contribution is -2.21. The minimum atomic E-state index is 0.253. The van der Waals surface area contributed by atoms with Crippen LogP contribution in [-0.2, 0) is 6.42 Å². The second kappa shape index (κ2) is 7.36. The van der Waals surface area contributed by atoms with Gasteiger partial charge >= 0.3 is 0 Å². The van der Waals surface area contributed by atoms with Gasteiger partial charge < -0.3 is 10.5 Å². The number of para-hydroxylation sites is 1. The summed E-state index contributed by atoms with van der Waals surface area (Å²) in [5.41, 5.74) is 7.28. The quantitative estimate of drug-likeness (QED) is 0.867. The number of hydrogen-bond acceptors (Lipinski definition) is 3. The van der Waals surface area contributed by atoms with Crippen molar-refractivity contribution in [2.75, 3.05) is 7.11 Å². The SMILES string of the molecule is CCC(N)Cc1ccc(Sc2ccccc2OC)cc1. The molecule has 0 aliphatic carbocycles. The van der Waals surface area contributed by atoms with Crippen molar-refractivity contribution in [1.29, 1.82) is 0 Å². The average Bonchev–Trinajstić information content (AvgIpc) is 2.49. The first-order valence-corrected chi connectivity index (χ1v) is 7.70. The van der Waals surface area contributed by atoms with Gasteiger partial charge in [-0.15, -0.1) is 0 Å². The Morgan fingerprint density at radius 1 is 1.10 bits per heavy atom. The normalized spacial score (nSPS) is 12.2. The van der Waals surface area contributed by atoms with Crippen LogP contribution in [0.2, 0.25) is 0 Å². The summed E-state index contributed by atoms with van der Waals surface area (Å²) in [7, 11) is 1.70. The van der Waals surface area contributed by atoms with E-state index >= 15 is 0 Å². The molecule has 0 fully saturated rings. The molecule has 0 aromatic heterocycles. The molecule has 0 radical (unpaired) electrons. The van der Waals surface area contributed by atoms with Crippen molar-refractivity contribution in [3.63, 3.8) is 0 Å². The minimum absolute atomic E-state index is 0.253. The van der Waals surface area contributed by atoms with Gasteiger partial charge in [0.05, 0.1) is 12.0 Å². The van der Waals surface area contributed by atoms with Gasteiger partial charge in [-0.25, -0.2) is 0 Å². The van der Waals surface area contributed by atoms with Crippen molar-refractivity contribution >= 4 is 11.8 Å². The molecule has 2 aromatic carbocycles. The standard InChI is InChI=1S/C17H21NOS/c1-3-14(18)12-13-8-10-15(11-9-13)20-17-7-5-4-6-16(17)19-2/h4-11,14H,3,12,18H2,1-2H3. The highest BCUT2D eigenvalue weighted by Crippen LogP contribution is 2.34. The molecule has 0 amide bonds. The van der Waals surface area contributed by atoms with E-state index in [2.05, 4.69) is 37.3 Å². The van der Waals surface area contributed by atoms with E-state index in [1.165, 1.54) is 10.5 Å². The average molecular weight is 287 g/mol. The second-order valence-electron chi connectivity index (χ2n) is 4.77. The summed E-state index contributed by atoms with van der Waals surface area (Å²) >= 11 is 1.72. The summed E-state index contributed by atoms with van der Waals surface area (Å²) in [5, 5.41) is 0. The lowest BCUT2D eigenvalue weighted by Gasteiger charge is -2.10. The van der Waals surface area contributed by atoms with E-state index in [0.29, 0.717) is 0 Å². The van der Waals surface area contributed by atoms with Gasteiger partial charge in [-0.3, -0.25) is 0 Å². The zero-order chi connectivity index (χ0) is 14.4. The summed E-state index contributed by atoms with van der Waals surface area (Å²) in [5.74, 6) is 0.912. The van der Waals surface area contributed by atoms with Crippen LogP contribution in [0.15, 0.2) is 58.3 Å². The van der Waals surface area contributed by atoms with E-state index in [9.17, 15) is 0 Å². The van der Waals surface area contributed by atoms with Gasteiger partial charge in [0.25, 0.3) is 0 Å². The Morgan fingerprint density at radius 3 is 2.45 bits per heavy atom. The molecule has 2 rings (SSSR count). The molecule has 0 saturated heterocycles. The molecule has 106 valence electrons. The van der Waals surface area contributed by atoms with E-state index < -0.39 is 0 Å². The molecule has 0 aliphatic rings. The molecule has 0 heterocycles. The van der Waals surface area contributed by atoms with Gasteiger partial charge in [-0.05, 0) is 42.7 Å². The smallest absolute Gasteiger partial charge is 0.132 e. The second-order valence-corrected chi connectivity index (χ2v) is 5.88. The summed E-state index contributed by atoms with van der Waals surface area (Å²) in [4.78, 5) is 2.34. The van der Waals surface area contributed by atoms with Crippen LogP contribution >= 0.6 is 11.8 Å². The van der Waals surface area contributed by atoms with Crippen LogP contribution in [0, 0.1) is 0 Å². The largest absolute Gasteiger partial charge is 0.496 e. The van der Waals surface area contributed by atoms with Crippen molar-refractivity contribution in [3.05, 3.63) is 54.1 Å². The number of benzene rings is 2. The molecule has 0 spiro atoms. The molecule has 20 heavy (non-hydrogen) atoms. The van der Waals surface area contributed by atoms with Crippen LogP contribution < -0.4 is 10.5 Å². The highest BCUT2D eigenvalue weighted by atomic mass is 32.2. The first kappa shape index (κ1) is 14.9. The van der Waals surface area contributed by atoms with Crippen molar-refractivity contribution in [2.24, 2.45) is 5.73 Å². The Labute approximate surface area is 125 Å². The van der Waals surface area contributed by atoms with Crippen molar-refractivity contribution in [2.45, 2.75) is 35.6 Å². The maximum Gasteiger partial charge on any atom is 0.132 e. The van der Waals surface area contributed by atoms with Crippen LogP contribution in [0.25, 0.3) is 0 Å². The minimum Gasteiger partial charge on any atom is -0.496 e. The fourth-order valence-corrected chi connectivity index (χ4v) is 2.90. The molecule has 3 heteroatoms. The van der Waals surface area contributed by atoms with Crippen molar-refractivity contribution in [1.82, 2.24) is 0 Å². The van der Waals surface area contributed by atoms with E-state index in [4.69, 9.17) is 10.5 Å². The van der Waals surface area contributed by atoms with Crippen LogP contribution in [0.3, 0.4) is 0 Å². The van der Waals surface area contributed by atoms with Gasteiger partial charge in [0.15, 0.2) is 0 Å². The molecule has 0 bridgehead atoms. The molecule has 0 aliphatic heterocycles. The maximum atomic E-state index is 5.98. The predicted molar refractivity (Wildman–Crippen MR) is 85.5 cm³/mol. The molecule has 2 nitrogen and oxygen atoms in total. The Morgan fingerprint density at radius 2 is 1.80 bits per heavy atom. The molecule has 1 unspecified atom stereocenters. The number of methoxy groups -OCH3 is 1. The lowest BCUT2D eigenvalue weighted by atomic mass is 10.1. The molecular weight excluding hydrogens is 266 g/mol. The van der Waals surface area contributed by atoms with Gasteiger partial charge in [0.1, 0.15) is 5.75 Å². The Kier molecular flexibility index (Phi) is 5.50. The Hall–Kier alpha value is -1.45. The van der Waals surface area contributed by atoms with E-state index in [1.807, 2.05) is 18.2 Å². The Balaban J connectivity index is 2.07. The number of nitrogens with two attached hydrogens (primary N) is 1. The Bertz CT molecular complexity index is 539. The zero-order valence-electron chi connectivity index (χ0n) is 12.0. The topological polar surface area (TPSA) is 35.2 Å².